The molecule has 8 nitrogen and oxygen atoms in total. The van der Waals surface area contributed by atoms with Gasteiger partial charge in [-0.2, -0.15) is 0 Å². The summed E-state index contributed by atoms with van der Waals surface area (Å²) in [5.74, 6) is -2.36. The lowest BCUT2D eigenvalue weighted by atomic mass is 10.2. The molecule has 2 rings (SSSR count). The molecule has 0 aromatic heterocycles. The number of ether oxygens (including phenoxy) is 2. The van der Waals surface area contributed by atoms with Gasteiger partial charge < -0.3 is 20.1 Å². The molecule has 0 spiro atoms. The highest BCUT2D eigenvalue weighted by atomic mass is 16.6. The van der Waals surface area contributed by atoms with Crippen molar-refractivity contribution in [3.05, 3.63) is 12.2 Å². The lowest BCUT2D eigenvalue weighted by molar-refractivity contribution is -0.152. The molecule has 156 valence electrons. The molecular weight excluding hydrogens is 364 g/mol. The highest BCUT2D eigenvalue weighted by Gasteiger charge is 2.24. The van der Waals surface area contributed by atoms with Crippen LogP contribution in [0.2, 0.25) is 0 Å². The number of hydrogen-bond donors (Lipinski definition) is 2. The Hall–Kier alpha value is -2.38. The lowest BCUT2D eigenvalue weighted by Crippen LogP contribution is -2.41. The molecule has 0 saturated heterocycles. The van der Waals surface area contributed by atoms with Crippen LogP contribution in [0.1, 0.15) is 65.2 Å². The first kappa shape index (κ1) is 21.9. The smallest absolute Gasteiger partial charge is 0.331 e. The fraction of sp³-hybridized carbons (Fsp3) is 0.700. The van der Waals surface area contributed by atoms with Gasteiger partial charge >= 0.3 is 11.9 Å². The highest BCUT2D eigenvalue weighted by Crippen LogP contribution is 2.18. The second-order valence-corrected chi connectivity index (χ2v) is 7.47. The Kier molecular flexibility index (Phi) is 8.47. The average molecular weight is 394 g/mol. The summed E-state index contributed by atoms with van der Waals surface area (Å²) in [6.07, 6.45) is 7.95. The molecule has 8 heteroatoms. The summed E-state index contributed by atoms with van der Waals surface area (Å²) in [5, 5.41) is 5.68. The number of amides is 2. The van der Waals surface area contributed by atoms with Gasteiger partial charge in [-0.25, -0.2) is 9.59 Å². The summed E-state index contributed by atoms with van der Waals surface area (Å²) >= 11 is 0. The molecule has 2 saturated carbocycles. The number of carbonyl (C=O) groups is 4. The molecule has 28 heavy (non-hydrogen) atoms. The Labute approximate surface area is 165 Å². The zero-order chi connectivity index (χ0) is 20.5. The Bertz CT molecular complexity index is 554. The van der Waals surface area contributed by atoms with Crippen LogP contribution in [0.15, 0.2) is 12.2 Å². The number of esters is 2. The van der Waals surface area contributed by atoms with Gasteiger partial charge in [-0.05, 0) is 39.5 Å². The topological polar surface area (TPSA) is 111 Å². The van der Waals surface area contributed by atoms with Gasteiger partial charge in [-0.1, -0.05) is 25.7 Å². The van der Waals surface area contributed by atoms with Crippen molar-refractivity contribution in [3.63, 3.8) is 0 Å². The molecule has 0 bridgehead atoms. The molecule has 2 fully saturated rings. The number of hydrogen-bond acceptors (Lipinski definition) is 6. The number of carbonyl (C=O) groups excluding carboxylic acids is 4. The highest BCUT2D eigenvalue weighted by molar-refractivity contribution is 5.94. The molecule has 0 aliphatic heterocycles. The molecule has 2 N–H and O–H groups in total. The maximum absolute atomic E-state index is 12.0. The van der Waals surface area contributed by atoms with Crippen LogP contribution < -0.4 is 10.6 Å². The van der Waals surface area contributed by atoms with Crippen LogP contribution in [0.25, 0.3) is 0 Å². The van der Waals surface area contributed by atoms with Crippen molar-refractivity contribution in [2.45, 2.75) is 89.5 Å². The van der Waals surface area contributed by atoms with Crippen LogP contribution in [0.5, 0.6) is 0 Å². The summed E-state index contributed by atoms with van der Waals surface area (Å²) in [6, 6.07) is 0.270. The SMILES string of the molecule is C[C@H](OC(=O)/C=C/C(=O)O[C@@H](C)C(=O)NC1CCCC1)C(=O)NC1CCCC1. The summed E-state index contributed by atoms with van der Waals surface area (Å²) in [7, 11) is 0. The quantitative estimate of drug-likeness (QED) is 0.477. The molecule has 2 atom stereocenters. The first-order valence-corrected chi connectivity index (χ1v) is 10.0. The van der Waals surface area contributed by atoms with E-state index in [0.717, 1.165) is 63.5 Å². The van der Waals surface area contributed by atoms with E-state index in [2.05, 4.69) is 10.6 Å². The van der Waals surface area contributed by atoms with Crippen LogP contribution in [0.3, 0.4) is 0 Å². The maximum atomic E-state index is 12.0. The fourth-order valence-corrected chi connectivity index (χ4v) is 3.45. The van der Waals surface area contributed by atoms with E-state index in [1.807, 2.05) is 0 Å². The van der Waals surface area contributed by atoms with E-state index in [9.17, 15) is 19.2 Å². The second-order valence-electron chi connectivity index (χ2n) is 7.47. The molecule has 0 aromatic rings. The van der Waals surface area contributed by atoms with Gasteiger partial charge in [0.15, 0.2) is 12.2 Å². The molecule has 2 amide bonds. The van der Waals surface area contributed by atoms with Crippen molar-refractivity contribution in [2.75, 3.05) is 0 Å². The standard InChI is InChI=1S/C20H30N2O6/c1-13(19(25)21-15-7-3-4-8-15)27-17(23)11-12-18(24)28-14(2)20(26)22-16-9-5-6-10-16/h11-16H,3-10H2,1-2H3,(H,21,25)(H,22,26)/b12-11+/t13-,14-/m0/s1. The lowest BCUT2D eigenvalue weighted by Gasteiger charge is -2.17. The number of rotatable bonds is 8. The van der Waals surface area contributed by atoms with Crippen molar-refractivity contribution in [1.82, 2.24) is 10.6 Å². The zero-order valence-electron chi connectivity index (χ0n) is 16.6. The average Bonchev–Trinajstić information content (AvgIpc) is 3.33. The van der Waals surface area contributed by atoms with Crippen molar-refractivity contribution < 1.29 is 28.7 Å². The molecule has 0 heterocycles. The molecular formula is C20H30N2O6. The zero-order valence-corrected chi connectivity index (χ0v) is 16.6. The van der Waals surface area contributed by atoms with Crippen molar-refractivity contribution in [1.29, 1.82) is 0 Å². The van der Waals surface area contributed by atoms with E-state index < -0.39 is 24.1 Å². The minimum absolute atomic E-state index is 0.135. The Morgan fingerprint density at radius 3 is 1.36 bits per heavy atom. The predicted octanol–water partition coefficient (Wildman–Crippen LogP) is 1.52. The monoisotopic (exact) mass is 394 g/mol. The van der Waals surface area contributed by atoms with E-state index in [0.29, 0.717) is 0 Å². The molecule has 2 aliphatic rings. The normalized spacial score (nSPS) is 19.9. The summed E-state index contributed by atoms with van der Waals surface area (Å²) < 4.78 is 9.98. The van der Waals surface area contributed by atoms with Crippen LogP contribution in [-0.2, 0) is 28.7 Å². The van der Waals surface area contributed by atoms with Crippen LogP contribution >= 0.6 is 0 Å². The van der Waals surface area contributed by atoms with E-state index in [1.54, 1.807) is 0 Å². The van der Waals surface area contributed by atoms with Gasteiger partial charge in [-0.3, -0.25) is 9.59 Å². The summed E-state index contributed by atoms with van der Waals surface area (Å²) in [6.45, 7) is 2.95. The van der Waals surface area contributed by atoms with Gasteiger partial charge in [-0.15, -0.1) is 0 Å². The summed E-state index contributed by atoms with van der Waals surface area (Å²) in [4.78, 5) is 47.5. The Balaban J connectivity index is 1.68. The summed E-state index contributed by atoms with van der Waals surface area (Å²) in [5.41, 5.74) is 0. The van der Waals surface area contributed by atoms with E-state index in [4.69, 9.17) is 9.47 Å². The van der Waals surface area contributed by atoms with Gasteiger partial charge in [0.2, 0.25) is 0 Å². The van der Waals surface area contributed by atoms with Crippen molar-refractivity contribution >= 4 is 23.8 Å². The van der Waals surface area contributed by atoms with Crippen LogP contribution in [0, 0.1) is 0 Å². The first-order chi connectivity index (χ1) is 13.3. The number of nitrogens with one attached hydrogen (secondary N) is 2. The van der Waals surface area contributed by atoms with Gasteiger partial charge in [0, 0.05) is 24.2 Å². The Morgan fingerprint density at radius 1 is 0.714 bits per heavy atom. The van der Waals surface area contributed by atoms with E-state index >= 15 is 0 Å². The third-order valence-corrected chi connectivity index (χ3v) is 5.08. The van der Waals surface area contributed by atoms with Gasteiger partial charge in [0.1, 0.15) is 0 Å². The molecule has 0 unspecified atom stereocenters. The third kappa shape index (κ3) is 7.32. The third-order valence-electron chi connectivity index (χ3n) is 5.08. The minimum Gasteiger partial charge on any atom is -0.449 e. The maximum Gasteiger partial charge on any atom is 0.331 e. The predicted molar refractivity (Wildman–Crippen MR) is 101 cm³/mol. The van der Waals surface area contributed by atoms with Crippen LogP contribution in [-0.4, -0.2) is 48.0 Å². The minimum atomic E-state index is -0.954. The van der Waals surface area contributed by atoms with Gasteiger partial charge in [0.25, 0.3) is 11.8 Å². The fourth-order valence-electron chi connectivity index (χ4n) is 3.45. The first-order valence-electron chi connectivity index (χ1n) is 10.0. The molecule has 2 aliphatic carbocycles. The van der Waals surface area contributed by atoms with E-state index in [-0.39, 0.29) is 23.9 Å². The largest absolute Gasteiger partial charge is 0.449 e. The van der Waals surface area contributed by atoms with Crippen molar-refractivity contribution in [2.24, 2.45) is 0 Å². The molecule has 0 aromatic carbocycles. The molecule has 0 radical (unpaired) electrons. The van der Waals surface area contributed by atoms with Crippen molar-refractivity contribution in [3.8, 4) is 0 Å². The van der Waals surface area contributed by atoms with E-state index in [1.165, 1.54) is 13.8 Å². The van der Waals surface area contributed by atoms with Gasteiger partial charge in [0.05, 0.1) is 0 Å². The van der Waals surface area contributed by atoms with Crippen LogP contribution in [0.4, 0.5) is 0 Å². The second kappa shape index (κ2) is 10.8. The Morgan fingerprint density at radius 2 is 1.04 bits per heavy atom.